The highest BCUT2D eigenvalue weighted by molar-refractivity contribution is 5.76. The second kappa shape index (κ2) is 10.7. The number of anilines is 4. The van der Waals surface area contributed by atoms with Crippen molar-refractivity contribution >= 4 is 34.9 Å². The third kappa shape index (κ3) is 4.77. The van der Waals surface area contributed by atoms with Gasteiger partial charge in [-0.3, -0.25) is 0 Å². The lowest BCUT2D eigenvalue weighted by molar-refractivity contribution is 0.662. The fourth-order valence-electron chi connectivity index (χ4n) is 5.32. The Labute approximate surface area is 224 Å². The van der Waals surface area contributed by atoms with Crippen LogP contribution in [0.5, 0.6) is 0 Å². The molecule has 0 saturated heterocycles. The van der Waals surface area contributed by atoms with Crippen molar-refractivity contribution in [3.05, 3.63) is 168 Å². The van der Waals surface area contributed by atoms with Crippen LogP contribution < -0.4 is 20.2 Å². The zero-order valence-corrected chi connectivity index (χ0v) is 21.3. The van der Waals surface area contributed by atoms with Gasteiger partial charge in [0.05, 0.1) is 6.54 Å². The minimum absolute atomic E-state index is 0.516. The predicted molar refractivity (Wildman–Crippen MR) is 161 cm³/mol. The first kappa shape index (κ1) is 23.6. The molecule has 1 aliphatic carbocycles. The van der Waals surface area contributed by atoms with Gasteiger partial charge in [-0.15, -0.1) is 0 Å². The first-order valence-corrected chi connectivity index (χ1v) is 13.1. The molecule has 0 N–H and O–H groups in total. The largest absolute Gasteiger partial charge is 0.338 e. The molecule has 0 spiro atoms. The molecule has 0 saturated carbocycles. The van der Waals surface area contributed by atoms with E-state index in [9.17, 15) is 0 Å². The van der Waals surface area contributed by atoms with E-state index in [1.807, 2.05) is 0 Å². The van der Waals surface area contributed by atoms with Crippen LogP contribution in [0.3, 0.4) is 0 Å². The molecule has 38 heavy (non-hydrogen) atoms. The standard InChI is InChI=1S/C36H30N2/c1-5-19-32(20-6-1)37(33-21-7-2-8-22-33)29-36(27-15-18-30-16-13-14-17-31(30)28-36)38(34-23-9-3-10-24-34)35-25-11-4-12-26-35/h1-28H,29H2. The van der Waals surface area contributed by atoms with Crippen LogP contribution in [0, 0.1) is 0 Å². The normalized spacial score (nSPS) is 15.9. The van der Waals surface area contributed by atoms with E-state index >= 15 is 0 Å². The summed E-state index contributed by atoms with van der Waals surface area (Å²) in [6.07, 6.45) is 9.22. The first-order chi connectivity index (χ1) is 18.8. The van der Waals surface area contributed by atoms with Crippen molar-refractivity contribution < 1.29 is 0 Å². The predicted octanol–water partition coefficient (Wildman–Crippen LogP) is 7.23. The molecule has 184 valence electrons. The zero-order chi connectivity index (χ0) is 25.6. The summed E-state index contributed by atoms with van der Waals surface area (Å²) in [6, 6.07) is 51.4. The molecule has 0 amide bonds. The van der Waals surface area contributed by atoms with E-state index in [1.54, 1.807) is 0 Å². The summed E-state index contributed by atoms with van der Waals surface area (Å²) in [7, 11) is 0. The molecule has 1 aliphatic rings. The highest BCUT2D eigenvalue weighted by Crippen LogP contribution is 2.39. The molecule has 0 heterocycles. The van der Waals surface area contributed by atoms with E-state index < -0.39 is 5.54 Å². The van der Waals surface area contributed by atoms with Crippen LogP contribution in [0.1, 0.15) is 0 Å². The van der Waals surface area contributed by atoms with E-state index in [-0.39, 0.29) is 0 Å². The lowest BCUT2D eigenvalue weighted by atomic mass is 9.91. The van der Waals surface area contributed by atoms with Crippen molar-refractivity contribution in [3.8, 4) is 0 Å². The van der Waals surface area contributed by atoms with Crippen LogP contribution in [-0.2, 0) is 0 Å². The van der Waals surface area contributed by atoms with Crippen molar-refractivity contribution in [3.63, 3.8) is 0 Å². The maximum absolute atomic E-state index is 2.47. The molecule has 0 bridgehead atoms. The number of benzene rings is 5. The lowest BCUT2D eigenvalue weighted by Gasteiger charge is -2.45. The molecule has 6 rings (SSSR count). The van der Waals surface area contributed by atoms with E-state index in [0.29, 0.717) is 6.54 Å². The molecule has 5 aromatic rings. The van der Waals surface area contributed by atoms with E-state index in [1.165, 1.54) is 10.4 Å². The summed E-state index contributed by atoms with van der Waals surface area (Å²) in [6.45, 7) is 0.698. The summed E-state index contributed by atoms with van der Waals surface area (Å²) < 4.78 is 0. The Bertz CT molecular complexity index is 1550. The third-order valence-electron chi connectivity index (χ3n) is 7.05. The second-order valence-electron chi connectivity index (χ2n) is 9.55. The molecule has 2 nitrogen and oxygen atoms in total. The van der Waals surface area contributed by atoms with Crippen LogP contribution >= 0.6 is 0 Å². The SMILES string of the molecule is C1=CC(CN(c2ccccc2)c2ccccc2)(N(c2ccccc2)c2ccccc2)C=c2ccccc2=C1. The van der Waals surface area contributed by atoms with Crippen molar-refractivity contribution in [1.82, 2.24) is 0 Å². The van der Waals surface area contributed by atoms with Gasteiger partial charge in [0.1, 0.15) is 5.54 Å². The Balaban J connectivity index is 1.63. The van der Waals surface area contributed by atoms with Gasteiger partial charge in [0.15, 0.2) is 0 Å². The van der Waals surface area contributed by atoms with E-state index in [2.05, 4.69) is 180 Å². The monoisotopic (exact) mass is 490 g/mol. The van der Waals surface area contributed by atoms with Crippen LogP contribution in [0.2, 0.25) is 0 Å². The number of hydrogen-bond donors (Lipinski definition) is 0. The Morgan fingerprint density at radius 1 is 0.447 bits per heavy atom. The number of hydrogen-bond acceptors (Lipinski definition) is 2. The minimum Gasteiger partial charge on any atom is -0.338 e. The van der Waals surface area contributed by atoms with Gasteiger partial charge in [0.25, 0.3) is 0 Å². The molecule has 0 fully saturated rings. The van der Waals surface area contributed by atoms with Crippen LogP contribution in [0.15, 0.2) is 158 Å². The summed E-state index contributed by atoms with van der Waals surface area (Å²) in [4.78, 5) is 4.89. The fraction of sp³-hybridized carbons (Fsp3) is 0.0556. The Morgan fingerprint density at radius 3 is 1.37 bits per heavy atom. The van der Waals surface area contributed by atoms with E-state index in [4.69, 9.17) is 0 Å². The molecule has 5 aromatic carbocycles. The minimum atomic E-state index is -0.516. The number of allylic oxidation sites excluding steroid dienone is 1. The zero-order valence-electron chi connectivity index (χ0n) is 21.3. The van der Waals surface area contributed by atoms with Gasteiger partial charge in [-0.25, -0.2) is 0 Å². The van der Waals surface area contributed by atoms with Crippen molar-refractivity contribution in [2.24, 2.45) is 0 Å². The van der Waals surface area contributed by atoms with Gasteiger partial charge in [-0.2, -0.15) is 0 Å². The summed E-state index contributed by atoms with van der Waals surface area (Å²) in [5, 5.41) is 2.44. The highest BCUT2D eigenvalue weighted by atomic mass is 15.3. The third-order valence-corrected chi connectivity index (χ3v) is 7.05. The average molecular weight is 491 g/mol. The molecule has 0 aromatic heterocycles. The maximum Gasteiger partial charge on any atom is 0.101 e. The quantitative estimate of drug-likeness (QED) is 0.237. The van der Waals surface area contributed by atoms with Crippen molar-refractivity contribution in [2.45, 2.75) is 5.54 Å². The molecule has 0 aliphatic heterocycles. The lowest BCUT2D eigenvalue weighted by Crippen LogP contribution is -2.52. The summed E-state index contributed by atoms with van der Waals surface area (Å²) >= 11 is 0. The number of para-hydroxylation sites is 4. The topological polar surface area (TPSA) is 6.48 Å². The van der Waals surface area contributed by atoms with Gasteiger partial charge in [-0.05, 0) is 65.0 Å². The maximum atomic E-state index is 2.47. The molecular formula is C36H30N2. The highest BCUT2D eigenvalue weighted by Gasteiger charge is 2.37. The molecule has 2 heteroatoms. The van der Waals surface area contributed by atoms with Gasteiger partial charge in [0.2, 0.25) is 0 Å². The van der Waals surface area contributed by atoms with Gasteiger partial charge < -0.3 is 9.80 Å². The molecule has 0 radical (unpaired) electrons. The van der Waals surface area contributed by atoms with Crippen molar-refractivity contribution in [2.75, 3.05) is 16.3 Å². The van der Waals surface area contributed by atoms with Crippen LogP contribution in [0.4, 0.5) is 22.7 Å². The molecule has 1 atom stereocenters. The Morgan fingerprint density at radius 2 is 0.868 bits per heavy atom. The van der Waals surface area contributed by atoms with Crippen LogP contribution in [0.25, 0.3) is 12.2 Å². The number of nitrogens with zero attached hydrogens (tertiary/aromatic N) is 2. The first-order valence-electron chi connectivity index (χ1n) is 13.1. The van der Waals surface area contributed by atoms with Gasteiger partial charge >= 0.3 is 0 Å². The van der Waals surface area contributed by atoms with Gasteiger partial charge in [0, 0.05) is 22.7 Å². The number of fused-ring (bicyclic) bond motifs is 1. The average Bonchev–Trinajstić information content (AvgIpc) is 3.18. The van der Waals surface area contributed by atoms with Crippen LogP contribution in [-0.4, -0.2) is 12.1 Å². The molecule has 1 unspecified atom stereocenters. The Kier molecular flexibility index (Phi) is 6.61. The van der Waals surface area contributed by atoms with Crippen molar-refractivity contribution in [1.29, 1.82) is 0 Å². The van der Waals surface area contributed by atoms with Gasteiger partial charge in [-0.1, -0.05) is 115 Å². The summed E-state index contributed by atoms with van der Waals surface area (Å²) in [5.74, 6) is 0. The molecular weight excluding hydrogens is 460 g/mol. The fourth-order valence-corrected chi connectivity index (χ4v) is 5.32. The Hall–Kier alpha value is -4.82. The number of rotatable bonds is 7. The summed E-state index contributed by atoms with van der Waals surface area (Å²) in [5.41, 5.74) is 4.07. The smallest absolute Gasteiger partial charge is 0.101 e. The second-order valence-corrected chi connectivity index (χ2v) is 9.55. The van der Waals surface area contributed by atoms with E-state index in [0.717, 1.165) is 22.7 Å².